The van der Waals surface area contributed by atoms with Crippen LogP contribution in [0.25, 0.3) is 0 Å². The van der Waals surface area contributed by atoms with Gasteiger partial charge in [0.2, 0.25) is 0 Å². The molecule has 0 N–H and O–H groups in total. The third-order valence-corrected chi connectivity index (χ3v) is 4.06. The summed E-state index contributed by atoms with van der Waals surface area (Å²) < 4.78 is 16.8. The third-order valence-electron chi connectivity index (χ3n) is 4.06. The molecule has 1 fully saturated rings. The molecule has 1 saturated heterocycles. The molecule has 0 bridgehead atoms. The van der Waals surface area contributed by atoms with Gasteiger partial charge in [-0.2, -0.15) is 0 Å². The third kappa shape index (κ3) is 4.05. The van der Waals surface area contributed by atoms with Gasteiger partial charge in [0.25, 0.3) is 5.91 Å². The summed E-state index contributed by atoms with van der Waals surface area (Å²) >= 11 is 0. The summed E-state index contributed by atoms with van der Waals surface area (Å²) in [5.74, 6) is 2.14. The van der Waals surface area contributed by atoms with Gasteiger partial charge in [-0.15, -0.1) is 0 Å². The highest BCUT2D eigenvalue weighted by Crippen LogP contribution is 2.26. The minimum atomic E-state index is -0.0165. The molecule has 0 aliphatic carbocycles. The summed E-state index contributed by atoms with van der Waals surface area (Å²) in [7, 11) is 1.63. The molecule has 2 aromatic rings. The highest BCUT2D eigenvalue weighted by Gasteiger charge is 2.34. The molecule has 1 amide bonds. The summed E-state index contributed by atoms with van der Waals surface area (Å²) in [4.78, 5) is 14.5. The van der Waals surface area contributed by atoms with Gasteiger partial charge in [0.1, 0.15) is 23.4 Å². The van der Waals surface area contributed by atoms with Crippen LogP contribution in [0.1, 0.15) is 23.7 Å². The lowest BCUT2D eigenvalue weighted by molar-refractivity contribution is 0.0174. The lowest BCUT2D eigenvalue weighted by Crippen LogP contribution is -2.56. The molecule has 0 radical (unpaired) electrons. The number of amides is 1. The van der Waals surface area contributed by atoms with Crippen LogP contribution in [0.2, 0.25) is 0 Å². The fraction of sp³-hybridized carbons (Fsp3) is 0.350. The summed E-state index contributed by atoms with van der Waals surface area (Å²) in [5.41, 5.74) is 0.607. The molecule has 3 rings (SSSR count). The molecule has 0 unspecified atom stereocenters. The molecule has 0 saturated carbocycles. The topological polar surface area (TPSA) is 48.0 Å². The monoisotopic (exact) mass is 341 g/mol. The van der Waals surface area contributed by atoms with Crippen LogP contribution in [-0.4, -0.2) is 43.7 Å². The van der Waals surface area contributed by atoms with E-state index < -0.39 is 0 Å². The number of rotatable bonds is 7. The molecule has 25 heavy (non-hydrogen) atoms. The van der Waals surface area contributed by atoms with E-state index in [4.69, 9.17) is 14.2 Å². The van der Waals surface area contributed by atoms with Crippen molar-refractivity contribution in [1.82, 2.24) is 4.90 Å². The Balaban J connectivity index is 1.58. The standard InChI is InChI=1S/C20H23NO4/c1-3-11-24-19-10-5-4-9-18(19)20(22)21-13-17(14-21)25-16-8-6-7-15(12-16)23-2/h4-10,12,17H,3,11,13-14H2,1-2H3. The number of nitrogens with zero attached hydrogens (tertiary/aromatic N) is 1. The van der Waals surface area contributed by atoms with Crippen molar-refractivity contribution in [2.75, 3.05) is 26.8 Å². The van der Waals surface area contributed by atoms with E-state index in [0.717, 1.165) is 17.9 Å². The fourth-order valence-electron chi connectivity index (χ4n) is 2.70. The first-order chi connectivity index (χ1) is 12.2. The van der Waals surface area contributed by atoms with Crippen molar-refractivity contribution in [3.05, 3.63) is 54.1 Å². The Morgan fingerprint density at radius 3 is 2.64 bits per heavy atom. The minimum absolute atomic E-state index is 0.000205. The Hall–Kier alpha value is -2.69. The van der Waals surface area contributed by atoms with Crippen LogP contribution in [-0.2, 0) is 0 Å². The molecule has 2 aromatic carbocycles. The van der Waals surface area contributed by atoms with E-state index in [1.165, 1.54) is 0 Å². The average Bonchev–Trinajstić information content (AvgIpc) is 2.62. The summed E-state index contributed by atoms with van der Waals surface area (Å²) in [6.45, 7) is 3.78. The number of benzene rings is 2. The predicted molar refractivity (Wildman–Crippen MR) is 95.5 cm³/mol. The Labute approximate surface area is 148 Å². The van der Waals surface area contributed by atoms with Crippen LogP contribution < -0.4 is 14.2 Å². The van der Waals surface area contributed by atoms with E-state index in [1.807, 2.05) is 55.5 Å². The highest BCUT2D eigenvalue weighted by molar-refractivity contribution is 5.97. The summed E-state index contributed by atoms with van der Waals surface area (Å²) in [6, 6.07) is 14.9. The van der Waals surface area contributed by atoms with Gasteiger partial charge in [0.05, 0.1) is 32.4 Å². The molecule has 5 heteroatoms. The van der Waals surface area contributed by atoms with Crippen molar-refractivity contribution < 1.29 is 19.0 Å². The van der Waals surface area contributed by atoms with Gasteiger partial charge < -0.3 is 19.1 Å². The number of para-hydroxylation sites is 1. The van der Waals surface area contributed by atoms with E-state index >= 15 is 0 Å². The number of methoxy groups -OCH3 is 1. The maximum absolute atomic E-state index is 12.7. The number of hydrogen-bond donors (Lipinski definition) is 0. The lowest BCUT2D eigenvalue weighted by Gasteiger charge is -2.39. The predicted octanol–water partition coefficient (Wildman–Crippen LogP) is 3.39. The van der Waals surface area contributed by atoms with Crippen LogP contribution in [0, 0.1) is 0 Å². The maximum Gasteiger partial charge on any atom is 0.257 e. The lowest BCUT2D eigenvalue weighted by atomic mass is 10.1. The Bertz CT molecular complexity index is 725. The second kappa shape index (κ2) is 7.92. The van der Waals surface area contributed by atoms with Crippen LogP contribution >= 0.6 is 0 Å². The van der Waals surface area contributed by atoms with E-state index in [9.17, 15) is 4.79 Å². The zero-order chi connectivity index (χ0) is 17.6. The molecule has 5 nitrogen and oxygen atoms in total. The molecule has 132 valence electrons. The number of ether oxygens (including phenoxy) is 3. The fourth-order valence-corrected chi connectivity index (χ4v) is 2.70. The van der Waals surface area contributed by atoms with E-state index in [2.05, 4.69) is 0 Å². The second-order valence-corrected chi connectivity index (χ2v) is 5.97. The zero-order valence-electron chi connectivity index (χ0n) is 14.6. The van der Waals surface area contributed by atoms with Gasteiger partial charge >= 0.3 is 0 Å². The Morgan fingerprint density at radius 2 is 1.88 bits per heavy atom. The van der Waals surface area contributed by atoms with Crippen LogP contribution in [0.3, 0.4) is 0 Å². The number of likely N-dealkylation sites (tertiary alicyclic amines) is 1. The first-order valence-corrected chi connectivity index (χ1v) is 8.53. The molecule has 0 aromatic heterocycles. The average molecular weight is 341 g/mol. The summed E-state index contributed by atoms with van der Waals surface area (Å²) in [6.07, 6.45) is 0.905. The Morgan fingerprint density at radius 1 is 1.12 bits per heavy atom. The van der Waals surface area contributed by atoms with Gasteiger partial charge in [-0.05, 0) is 30.7 Å². The number of carbonyl (C=O) groups is 1. The van der Waals surface area contributed by atoms with Crippen LogP contribution in [0.4, 0.5) is 0 Å². The zero-order valence-corrected chi connectivity index (χ0v) is 14.6. The van der Waals surface area contributed by atoms with Crippen LogP contribution in [0.5, 0.6) is 17.2 Å². The summed E-state index contributed by atoms with van der Waals surface area (Å²) in [5, 5.41) is 0. The second-order valence-electron chi connectivity index (χ2n) is 5.97. The van der Waals surface area contributed by atoms with E-state index in [1.54, 1.807) is 12.0 Å². The largest absolute Gasteiger partial charge is 0.497 e. The van der Waals surface area contributed by atoms with Crippen molar-refractivity contribution in [3.8, 4) is 17.2 Å². The van der Waals surface area contributed by atoms with Gasteiger partial charge in [-0.1, -0.05) is 25.1 Å². The van der Waals surface area contributed by atoms with Crippen molar-refractivity contribution >= 4 is 5.91 Å². The maximum atomic E-state index is 12.7. The van der Waals surface area contributed by atoms with E-state index in [-0.39, 0.29) is 12.0 Å². The van der Waals surface area contributed by atoms with Crippen molar-refractivity contribution in [3.63, 3.8) is 0 Å². The number of carbonyl (C=O) groups excluding carboxylic acids is 1. The molecular formula is C20H23NO4. The van der Waals surface area contributed by atoms with Gasteiger partial charge in [0.15, 0.2) is 0 Å². The molecular weight excluding hydrogens is 318 g/mol. The number of hydrogen-bond acceptors (Lipinski definition) is 4. The van der Waals surface area contributed by atoms with Crippen molar-refractivity contribution in [2.24, 2.45) is 0 Å². The van der Waals surface area contributed by atoms with Crippen molar-refractivity contribution in [1.29, 1.82) is 0 Å². The molecule has 0 atom stereocenters. The highest BCUT2D eigenvalue weighted by atomic mass is 16.5. The smallest absolute Gasteiger partial charge is 0.257 e. The van der Waals surface area contributed by atoms with Gasteiger partial charge in [-0.25, -0.2) is 0 Å². The van der Waals surface area contributed by atoms with Gasteiger partial charge in [-0.3, -0.25) is 4.79 Å². The normalized spacial score (nSPS) is 13.9. The molecule has 1 heterocycles. The first-order valence-electron chi connectivity index (χ1n) is 8.53. The SMILES string of the molecule is CCCOc1ccccc1C(=O)N1CC(Oc2cccc(OC)c2)C1. The quantitative estimate of drug-likeness (QED) is 0.774. The van der Waals surface area contributed by atoms with Gasteiger partial charge in [0, 0.05) is 6.07 Å². The minimum Gasteiger partial charge on any atom is -0.497 e. The first kappa shape index (κ1) is 17.1. The van der Waals surface area contributed by atoms with E-state index in [0.29, 0.717) is 31.0 Å². The molecule has 0 spiro atoms. The molecule has 1 aliphatic rings. The molecule has 1 aliphatic heterocycles. The van der Waals surface area contributed by atoms with Crippen LogP contribution in [0.15, 0.2) is 48.5 Å². The Kier molecular flexibility index (Phi) is 5.43. The van der Waals surface area contributed by atoms with Crippen molar-refractivity contribution in [2.45, 2.75) is 19.4 Å².